The molecule has 2 aromatic carbocycles. The van der Waals surface area contributed by atoms with Gasteiger partial charge >= 0.3 is 6.18 Å². The van der Waals surface area contributed by atoms with Crippen LogP contribution in [0.3, 0.4) is 0 Å². The fraction of sp³-hybridized carbons (Fsp3) is 0.294. The summed E-state index contributed by atoms with van der Waals surface area (Å²) in [4.78, 5) is 0. The number of halogens is 3. The molecule has 0 radical (unpaired) electrons. The first-order valence-electron chi connectivity index (χ1n) is 6.79. The van der Waals surface area contributed by atoms with Gasteiger partial charge in [0.25, 0.3) is 0 Å². The zero-order chi connectivity index (χ0) is 17.0. The third-order valence-corrected chi connectivity index (χ3v) is 3.01. The number of rotatable bonds is 0. The van der Waals surface area contributed by atoms with E-state index in [4.69, 9.17) is 11.5 Å². The fourth-order valence-corrected chi connectivity index (χ4v) is 1.66. The lowest BCUT2D eigenvalue weighted by Gasteiger charge is -2.18. The third-order valence-electron chi connectivity index (χ3n) is 3.01. The molecule has 0 saturated heterocycles. The second-order valence-corrected chi connectivity index (χ2v) is 5.99. The molecule has 0 fully saturated rings. The third kappa shape index (κ3) is 5.68. The highest BCUT2D eigenvalue weighted by Gasteiger charge is 2.29. The summed E-state index contributed by atoms with van der Waals surface area (Å²) in [5.74, 6) is 0. The number of hydrogen-bond acceptors (Lipinski definition) is 2. The molecule has 120 valence electrons. The van der Waals surface area contributed by atoms with Gasteiger partial charge in [0, 0.05) is 11.4 Å². The van der Waals surface area contributed by atoms with E-state index in [0.29, 0.717) is 5.69 Å². The molecule has 0 saturated carbocycles. The SMILES string of the molecule is CC(C)(C)c1ccc(N)cc1.Nc1ccc(C(F)(F)F)cc1. The Hall–Kier alpha value is -2.17. The zero-order valence-electron chi connectivity index (χ0n) is 12.9. The van der Waals surface area contributed by atoms with E-state index < -0.39 is 11.7 Å². The molecule has 0 spiro atoms. The van der Waals surface area contributed by atoms with Gasteiger partial charge in [-0.1, -0.05) is 32.9 Å². The van der Waals surface area contributed by atoms with Crippen molar-refractivity contribution in [1.82, 2.24) is 0 Å². The van der Waals surface area contributed by atoms with Crippen LogP contribution in [0.1, 0.15) is 31.9 Å². The Labute approximate surface area is 128 Å². The van der Waals surface area contributed by atoms with E-state index in [-0.39, 0.29) is 5.41 Å². The van der Waals surface area contributed by atoms with Crippen molar-refractivity contribution in [1.29, 1.82) is 0 Å². The van der Waals surface area contributed by atoms with Gasteiger partial charge in [-0.2, -0.15) is 13.2 Å². The number of benzene rings is 2. The predicted molar refractivity (Wildman–Crippen MR) is 85.4 cm³/mol. The summed E-state index contributed by atoms with van der Waals surface area (Å²) in [6, 6.07) is 12.4. The zero-order valence-corrected chi connectivity index (χ0v) is 12.9. The van der Waals surface area contributed by atoms with Crippen LogP contribution < -0.4 is 11.5 Å². The Morgan fingerprint density at radius 2 is 0.955 bits per heavy atom. The van der Waals surface area contributed by atoms with E-state index in [1.165, 1.54) is 17.7 Å². The van der Waals surface area contributed by atoms with Gasteiger partial charge in [-0.15, -0.1) is 0 Å². The van der Waals surface area contributed by atoms with Crippen LogP contribution in [0, 0.1) is 0 Å². The maximum atomic E-state index is 11.9. The Morgan fingerprint density at radius 3 is 1.23 bits per heavy atom. The molecule has 4 N–H and O–H groups in total. The van der Waals surface area contributed by atoms with E-state index in [0.717, 1.165) is 17.8 Å². The van der Waals surface area contributed by atoms with E-state index in [1.807, 2.05) is 12.1 Å². The standard InChI is InChI=1S/C10H15N.C7H6F3N/c1-10(2,3)8-4-6-9(11)7-5-8;8-7(9,10)5-1-3-6(11)4-2-5/h4-7H,11H2,1-3H3;1-4H,11H2. The van der Waals surface area contributed by atoms with Crippen LogP contribution >= 0.6 is 0 Å². The first-order valence-corrected chi connectivity index (χ1v) is 6.79. The van der Waals surface area contributed by atoms with Crippen LogP contribution in [-0.4, -0.2) is 0 Å². The van der Waals surface area contributed by atoms with Crippen LogP contribution in [0.25, 0.3) is 0 Å². The van der Waals surface area contributed by atoms with Crippen molar-refractivity contribution < 1.29 is 13.2 Å². The molecular formula is C17H21F3N2. The van der Waals surface area contributed by atoms with E-state index in [2.05, 4.69) is 32.9 Å². The molecule has 2 rings (SSSR count). The lowest BCUT2D eigenvalue weighted by atomic mass is 9.87. The molecule has 2 nitrogen and oxygen atoms in total. The number of nitrogens with two attached hydrogens (primary N) is 2. The van der Waals surface area contributed by atoms with Gasteiger partial charge in [0.2, 0.25) is 0 Å². The van der Waals surface area contributed by atoms with Crippen molar-refractivity contribution in [3.05, 3.63) is 59.7 Å². The Morgan fingerprint density at radius 1 is 0.636 bits per heavy atom. The van der Waals surface area contributed by atoms with Gasteiger partial charge in [-0.25, -0.2) is 0 Å². The molecule has 0 aromatic heterocycles. The molecular weight excluding hydrogens is 289 g/mol. The molecule has 0 aliphatic rings. The molecule has 0 atom stereocenters. The summed E-state index contributed by atoms with van der Waals surface area (Å²) in [5, 5.41) is 0. The number of anilines is 2. The monoisotopic (exact) mass is 310 g/mol. The van der Waals surface area contributed by atoms with Crippen molar-refractivity contribution >= 4 is 11.4 Å². The van der Waals surface area contributed by atoms with Crippen molar-refractivity contribution in [2.75, 3.05) is 11.5 Å². The highest BCUT2D eigenvalue weighted by Crippen LogP contribution is 2.29. The second kappa shape index (κ2) is 6.73. The minimum absolute atomic E-state index is 0.230. The van der Waals surface area contributed by atoms with Crippen LogP contribution in [0.2, 0.25) is 0 Å². The molecule has 0 unspecified atom stereocenters. The highest BCUT2D eigenvalue weighted by molar-refractivity contribution is 5.41. The lowest BCUT2D eigenvalue weighted by Crippen LogP contribution is -2.10. The summed E-state index contributed by atoms with van der Waals surface area (Å²) >= 11 is 0. The lowest BCUT2D eigenvalue weighted by molar-refractivity contribution is -0.137. The molecule has 0 heterocycles. The molecule has 0 aliphatic heterocycles. The topological polar surface area (TPSA) is 52.0 Å². The van der Waals surface area contributed by atoms with Gasteiger partial charge in [-0.05, 0) is 47.4 Å². The van der Waals surface area contributed by atoms with Gasteiger partial charge in [0.15, 0.2) is 0 Å². The van der Waals surface area contributed by atoms with Crippen LogP contribution in [0.15, 0.2) is 48.5 Å². The average molecular weight is 310 g/mol. The predicted octanol–water partition coefficient (Wildman–Crippen LogP) is 4.85. The average Bonchev–Trinajstić information content (AvgIpc) is 2.38. The first kappa shape index (κ1) is 17.9. The minimum atomic E-state index is -4.27. The molecule has 0 aliphatic carbocycles. The summed E-state index contributed by atoms with van der Waals surface area (Å²) < 4.78 is 35.6. The van der Waals surface area contributed by atoms with Crippen molar-refractivity contribution in [3.63, 3.8) is 0 Å². The van der Waals surface area contributed by atoms with Crippen LogP contribution in [0.5, 0.6) is 0 Å². The maximum absolute atomic E-state index is 11.9. The molecule has 2 aromatic rings. The van der Waals surface area contributed by atoms with Gasteiger partial charge in [0.1, 0.15) is 0 Å². The molecule has 5 heteroatoms. The smallest absolute Gasteiger partial charge is 0.399 e. The van der Waals surface area contributed by atoms with Crippen molar-refractivity contribution in [2.24, 2.45) is 0 Å². The maximum Gasteiger partial charge on any atom is 0.416 e. The molecule has 0 bridgehead atoms. The largest absolute Gasteiger partial charge is 0.416 e. The number of alkyl halides is 3. The summed E-state index contributed by atoms with van der Waals surface area (Å²) in [7, 11) is 0. The summed E-state index contributed by atoms with van der Waals surface area (Å²) in [6.45, 7) is 6.58. The van der Waals surface area contributed by atoms with E-state index >= 15 is 0 Å². The normalized spacial score (nSPS) is 11.5. The van der Waals surface area contributed by atoms with Gasteiger partial charge in [0.05, 0.1) is 5.56 Å². The number of nitrogen functional groups attached to an aromatic ring is 2. The fourth-order valence-electron chi connectivity index (χ4n) is 1.66. The first-order chi connectivity index (χ1) is 10.00. The molecule has 22 heavy (non-hydrogen) atoms. The van der Waals surface area contributed by atoms with Gasteiger partial charge < -0.3 is 11.5 Å². The summed E-state index contributed by atoms with van der Waals surface area (Å²) in [6.07, 6.45) is -4.27. The van der Waals surface area contributed by atoms with Crippen molar-refractivity contribution in [2.45, 2.75) is 32.4 Å². The highest BCUT2D eigenvalue weighted by atomic mass is 19.4. The Kier molecular flexibility index (Phi) is 5.47. The Bertz CT molecular complexity index is 524. The van der Waals surface area contributed by atoms with Gasteiger partial charge in [-0.3, -0.25) is 0 Å². The van der Waals surface area contributed by atoms with Crippen LogP contribution in [-0.2, 0) is 11.6 Å². The quantitative estimate of drug-likeness (QED) is 0.683. The molecule has 0 amide bonds. The Balaban J connectivity index is 0.000000220. The number of hydrogen-bond donors (Lipinski definition) is 2. The van der Waals surface area contributed by atoms with E-state index in [9.17, 15) is 13.2 Å². The summed E-state index contributed by atoms with van der Waals surface area (Å²) in [5.41, 5.74) is 12.8. The minimum Gasteiger partial charge on any atom is -0.399 e. The van der Waals surface area contributed by atoms with Crippen molar-refractivity contribution in [3.8, 4) is 0 Å². The van der Waals surface area contributed by atoms with Crippen LogP contribution in [0.4, 0.5) is 24.5 Å². The second-order valence-electron chi connectivity index (χ2n) is 5.99. The van der Waals surface area contributed by atoms with E-state index in [1.54, 1.807) is 0 Å².